The monoisotopic (exact) mass is 468 g/mol. The zero-order valence-corrected chi connectivity index (χ0v) is 20.4. The van der Waals surface area contributed by atoms with E-state index in [1.807, 2.05) is 36.5 Å². The molecule has 0 spiro atoms. The molecule has 0 bridgehead atoms. The highest BCUT2D eigenvalue weighted by molar-refractivity contribution is 7.80. The van der Waals surface area contributed by atoms with Crippen LogP contribution in [0.25, 0.3) is 5.69 Å². The van der Waals surface area contributed by atoms with Crippen molar-refractivity contribution in [2.24, 2.45) is 0 Å². The van der Waals surface area contributed by atoms with Gasteiger partial charge in [0.15, 0.2) is 5.11 Å². The Balaban J connectivity index is 1.60. The van der Waals surface area contributed by atoms with Gasteiger partial charge in [-0.1, -0.05) is 36.4 Å². The van der Waals surface area contributed by atoms with E-state index in [2.05, 4.69) is 82.1 Å². The molecule has 2 atom stereocenters. The van der Waals surface area contributed by atoms with Gasteiger partial charge in [0.05, 0.1) is 24.9 Å². The SMILES string of the molecule is COc1ccc(-n2c(C)cc([C@@H]3[C@@H](c4ccccn4)NC(=S)N3Cc3ccccc3)c2C)cc1. The van der Waals surface area contributed by atoms with Crippen LogP contribution in [0.15, 0.2) is 85.1 Å². The lowest BCUT2D eigenvalue weighted by Gasteiger charge is -2.28. The minimum Gasteiger partial charge on any atom is -0.497 e. The van der Waals surface area contributed by atoms with Crippen LogP contribution in [0.3, 0.4) is 0 Å². The molecule has 5 rings (SSSR count). The van der Waals surface area contributed by atoms with Crippen LogP contribution in [0.5, 0.6) is 5.75 Å². The summed E-state index contributed by atoms with van der Waals surface area (Å²) in [5.74, 6) is 0.848. The van der Waals surface area contributed by atoms with Crippen LogP contribution in [0.1, 0.15) is 40.3 Å². The number of nitrogens with zero attached hydrogens (tertiary/aromatic N) is 3. The zero-order chi connectivity index (χ0) is 23.7. The lowest BCUT2D eigenvalue weighted by molar-refractivity contribution is 0.310. The van der Waals surface area contributed by atoms with Crippen molar-refractivity contribution in [1.82, 2.24) is 19.8 Å². The van der Waals surface area contributed by atoms with Gasteiger partial charge in [-0.25, -0.2) is 0 Å². The topological polar surface area (TPSA) is 42.3 Å². The third kappa shape index (κ3) is 4.05. The van der Waals surface area contributed by atoms with Gasteiger partial charge in [-0.15, -0.1) is 0 Å². The molecule has 1 aliphatic heterocycles. The van der Waals surface area contributed by atoms with Gasteiger partial charge in [-0.3, -0.25) is 4.98 Å². The van der Waals surface area contributed by atoms with Gasteiger partial charge >= 0.3 is 0 Å². The summed E-state index contributed by atoms with van der Waals surface area (Å²) in [6.07, 6.45) is 1.84. The van der Waals surface area contributed by atoms with Crippen LogP contribution in [0, 0.1) is 13.8 Å². The van der Waals surface area contributed by atoms with Crippen LogP contribution in [0.4, 0.5) is 0 Å². The largest absolute Gasteiger partial charge is 0.497 e. The van der Waals surface area contributed by atoms with Crippen LogP contribution in [-0.4, -0.2) is 26.7 Å². The van der Waals surface area contributed by atoms with Crippen molar-refractivity contribution < 1.29 is 4.74 Å². The molecule has 2 aromatic heterocycles. The lowest BCUT2D eigenvalue weighted by atomic mass is 9.96. The van der Waals surface area contributed by atoms with Crippen molar-refractivity contribution in [2.75, 3.05) is 7.11 Å². The molecule has 5 nitrogen and oxygen atoms in total. The molecule has 1 aliphatic rings. The molecule has 6 heteroatoms. The number of aromatic nitrogens is 2. The van der Waals surface area contributed by atoms with E-state index in [1.165, 1.54) is 22.5 Å². The van der Waals surface area contributed by atoms with E-state index >= 15 is 0 Å². The summed E-state index contributed by atoms with van der Waals surface area (Å²) in [5.41, 5.74) is 6.93. The first-order valence-corrected chi connectivity index (χ1v) is 11.8. The number of rotatable bonds is 6. The molecule has 4 aromatic rings. The second-order valence-corrected chi connectivity index (χ2v) is 8.99. The average Bonchev–Trinajstić information content (AvgIpc) is 3.35. The first-order chi connectivity index (χ1) is 16.6. The summed E-state index contributed by atoms with van der Waals surface area (Å²) in [4.78, 5) is 6.97. The van der Waals surface area contributed by atoms with E-state index in [9.17, 15) is 0 Å². The Hall–Kier alpha value is -3.64. The maximum absolute atomic E-state index is 5.86. The normalized spacial score (nSPS) is 17.6. The zero-order valence-electron chi connectivity index (χ0n) is 19.6. The smallest absolute Gasteiger partial charge is 0.170 e. The highest BCUT2D eigenvalue weighted by Crippen LogP contribution is 2.42. The number of pyridine rings is 1. The third-order valence-corrected chi connectivity index (χ3v) is 6.87. The molecule has 2 aromatic carbocycles. The summed E-state index contributed by atoms with van der Waals surface area (Å²) in [6, 6.07) is 27.0. The molecular weight excluding hydrogens is 440 g/mol. The summed E-state index contributed by atoms with van der Waals surface area (Å²) >= 11 is 5.86. The molecule has 0 amide bonds. The van der Waals surface area contributed by atoms with E-state index in [1.54, 1.807) is 7.11 Å². The number of aryl methyl sites for hydroxylation is 1. The van der Waals surface area contributed by atoms with Crippen molar-refractivity contribution in [3.8, 4) is 11.4 Å². The number of nitrogens with one attached hydrogen (secondary N) is 1. The minimum absolute atomic E-state index is 0.0146. The number of hydrogen-bond acceptors (Lipinski definition) is 3. The van der Waals surface area contributed by atoms with Gasteiger partial charge in [0, 0.05) is 29.8 Å². The van der Waals surface area contributed by atoms with Crippen molar-refractivity contribution >= 4 is 17.3 Å². The lowest BCUT2D eigenvalue weighted by Crippen LogP contribution is -2.29. The minimum atomic E-state index is -0.0396. The highest BCUT2D eigenvalue weighted by atomic mass is 32.1. The van der Waals surface area contributed by atoms with E-state index in [0.29, 0.717) is 0 Å². The maximum Gasteiger partial charge on any atom is 0.170 e. The van der Waals surface area contributed by atoms with Gasteiger partial charge in [0.2, 0.25) is 0 Å². The van der Waals surface area contributed by atoms with Crippen molar-refractivity contribution in [2.45, 2.75) is 32.5 Å². The fourth-order valence-corrected chi connectivity index (χ4v) is 5.22. The first kappa shape index (κ1) is 22.2. The van der Waals surface area contributed by atoms with Crippen molar-refractivity contribution in [3.63, 3.8) is 0 Å². The summed E-state index contributed by atoms with van der Waals surface area (Å²) in [5, 5.41) is 4.32. The van der Waals surface area contributed by atoms with E-state index in [-0.39, 0.29) is 12.1 Å². The quantitative estimate of drug-likeness (QED) is 0.369. The molecule has 34 heavy (non-hydrogen) atoms. The molecule has 172 valence electrons. The van der Waals surface area contributed by atoms with Crippen molar-refractivity contribution in [1.29, 1.82) is 0 Å². The van der Waals surface area contributed by atoms with E-state index in [0.717, 1.165) is 28.8 Å². The Bertz CT molecular complexity index is 1290. The molecule has 0 radical (unpaired) electrons. The standard InChI is InChI=1S/C28H28N4OS/c1-19-17-24(20(2)32(19)22-12-14-23(33-3)15-13-22)27-26(25-11-7-8-16-29-25)30-28(34)31(27)18-21-9-5-4-6-10-21/h4-17,26-27H,18H2,1-3H3,(H,30,34)/t26-,27-/m1/s1. The average molecular weight is 469 g/mol. The predicted octanol–water partition coefficient (Wildman–Crippen LogP) is 5.67. The molecule has 0 saturated carbocycles. The maximum atomic E-state index is 5.86. The van der Waals surface area contributed by atoms with Crippen LogP contribution >= 0.6 is 12.2 Å². The number of hydrogen-bond donors (Lipinski definition) is 1. The first-order valence-electron chi connectivity index (χ1n) is 11.4. The number of methoxy groups -OCH3 is 1. The Morgan fingerprint density at radius 2 is 1.71 bits per heavy atom. The molecule has 1 N–H and O–H groups in total. The summed E-state index contributed by atoms with van der Waals surface area (Å²) in [6.45, 7) is 5.07. The van der Waals surface area contributed by atoms with Gasteiger partial charge in [0.1, 0.15) is 5.75 Å². The van der Waals surface area contributed by atoms with E-state index < -0.39 is 0 Å². The Morgan fingerprint density at radius 3 is 2.38 bits per heavy atom. The molecule has 1 saturated heterocycles. The van der Waals surface area contributed by atoms with Crippen molar-refractivity contribution in [3.05, 3.63) is 113 Å². The van der Waals surface area contributed by atoms with Crippen LogP contribution < -0.4 is 10.1 Å². The molecular formula is C28H28N4OS. The number of ether oxygens (including phenoxy) is 1. The molecule has 0 aliphatic carbocycles. The Labute approximate surface area is 206 Å². The highest BCUT2D eigenvalue weighted by Gasteiger charge is 2.41. The van der Waals surface area contributed by atoms with Gasteiger partial charge in [-0.2, -0.15) is 0 Å². The fourth-order valence-electron chi connectivity index (χ4n) is 4.91. The van der Waals surface area contributed by atoms with Crippen LogP contribution in [0.2, 0.25) is 0 Å². The Kier molecular flexibility index (Phi) is 6.07. The summed E-state index contributed by atoms with van der Waals surface area (Å²) < 4.78 is 7.65. The van der Waals surface area contributed by atoms with Gasteiger partial charge in [0.25, 0.3) is 0 Å². The van der Waals surface area contributed by atoms with Crippen LogP contribution in [-0.2, 0) is 6.54 Å². The second kappa shape index (κ2) is 9.31. The van der Waals surface area contributed by atoms with Gasteiger partial charge < -0.3 is 19.5 Å². The molecule has 3 heterocycles. The summed E-state index contributed by atoms with van der Waals surface area (Å²) in [7, 11) is 1.69. The van der Waals surface area contributed by atoms with E-state index in [4.69, 9.17) is 17.0 Å². The van der Waals surface area contributed by atoms with Gasteiger partial charge in [-0.05, 0) is 79.7 Å². The third-order valence-electron chi connectivity index (χ3n) is 6.51. The number of benzene rings is 2. The predicted molar refractivity (Wildman–Crippen MR) is 139 cm³/mol. The Morgan fingerprint density at radius 1 is 0.971 bits per heavy atom. The number of thiocarbonyl (C=S) groups is 1. The fraction of sp³-hybridized carbons (Fsp3) is 0.214. The molecule has 0 unspecified atom stereocenters. The molecule has 1 fully saturated rings. The second-order valence-electron chi connectivity index (χ2n) is 8.60.